The molecule has 0 amide bonds. The van der Waals surface area contributed by atoms with Crippen molar-refractivity contribution in [2.45, 2.75) is 33.1 Å². The minimum absolute atomic E-state index is 0.139. The molecule has 0 heterocycles. The molecular weight excluding hydrogens is 138 g/mol. The molecule has 0 radical (unpaired) electrons. The van der Waals surface area contributed by atoms with Crippen molar-refractivity contribution in [2.24, 2.45) is 0 Å². The first kappa shape index (κ1) is 9.90. The molecule has 2 heteroatoms. The van der Waals surface area contributed by atoms with Gasteiger partial charge in [-0.05, 0) is 19.4 Å². The lowest BCUT2D eigenvalue weighted by molar-refractivity contribution is -0.114. The Bertz CT molecular complexity index is 198. The van der Waals surface area contributed by atoms with Crippen molar-refractivity contribution in [1.82, 2.24) is 0 Å². The Morgan fingerprint density at radius 2 is 2.27 bits per heavy atom. The van der Waals surface area contributed by atoms with Crippen molar-refractivity contribution in [3.8, 4) is 6.07 Å². The number of carbonyl (C=O) groups excluding carboxylic acids is 1. The zero-order valence-electron chi connectivity index (χ0n) is 7.05. The number of carbonyl (C=O) groups is 1. The molecule has 0 N–H and O–H groups in total. The first-order valence-corrected chi connectivity index (χ1v) is 3.77. The van der Waals surface area contributed by atoms with Crippen LogP contribution in [0.15, 0.2) is 11.6 Å². The van der Waals surface area contributed by atoms with Crippen LogP contribution in [0.3, 0.4) is 0 Å². The van der Waals surface area contributed by atoms with Gasteiger partial charge in [0.05, 0.1) is 6.07 Å². The molecule has 0 aromatic rings. The highest BCUT2D eigenvalue weighted by atomic mass is 16.1. The third-order valence-electron chi connectivity index (χ3n) is 1.39. The zero-order valence-corrected chi connectivity index (χ0v) is 7.05. The number of allylic oxidation sites excluding steroid dienone is 2. The summed E-state index contributed by atoms with van der Waals surface area (Å²) in [7, 11) is 0. The molecule has 60 valence electrons. The summed E-state index contributed by atoms with van der Waals surface area (Å²) in [5, 5.41) is 8.24. The van der Waals surface area contributed by atoms with Crippen LogP contribution in [0.4, 0.5) is 0 Å². The van der Waals surface area contributed by atoms with Crippen LogP contribution in [0, 0.1) is 11.3 Å². The van der Waals surface area contributed by atoms with Gasteiger partial charge < -0.3 is 0 Å². The summed E-state index contributed by atoms with van der Waals surface area (Å²) in [6.45, 7) is 3.71. The van der Waals surface area contributed by atoms with Crippen molar-refractivity contribution in [3.05, 3.63) is 11.6 Å². The predicted octanol–water partition coefficient (Wildman–Crippen LogP) is 2.22. The number of nitrogens with zero attached hydrogens (tertiary/aromatic N) is 1. The van der Waals surface area contributed by atoms with Crippen LogP contribution in [0.25, 0.3) is 0 Å². The predicted molar refractivity (Wildman–Crippen MR) is 43.9 cm³/mol. The molecule has 0 aromatic carbocycles. The van der Waals surface area contributed by atoms with Crippen LogP contribution in [0.2, 0.25) is 0 Å². The van der Waals surface area contributed by atoms with E-state index in [9.17, 15) is 4.79 Å². The molecule has 0 fully saturated rings. The number of nitriles is 1. The van der Waals surface area contributed by atoms with Crippen LogP contribution in [-0.2, 0) is 4.79 Å². The maximum atomic E-state index is 10.8. The van der Waals surface area contributed by atoms with Gasteiger partial charge in [0.25, 0.3) is 0 Å². The summed E-state index contributed by atoms with van der Waals surface area (Å²) in [6.07, 6.45) is 3.38. The summed E-state index contributed by atoms with van der Waals surface area (Å²) in [4.78, 5) is 10.8. The van der Waals surface area contributed by atoms with Crippen LogP contribution in [0.1, 0.15) is 33.1 Å². The summed E-state index contributed by atoms with van der Waals surface area (Å²) in [5.41, 5.74) is 0.999. The van der Waals surface area contributed by atoms with Gasteiger partial charge >= 0.3 is 0 Å². The van der Waals surface area contributed by atoms with Gasteiger partial charge in [0.1, 0.15) is 0 Å². The van der Waals surface area contributed by atoms with Gasteiger partial charge in [-0.3, -0.25) is 4.79 Å². The fourth-order valence-electron chi connectivity index (χ4n) is 0.702. The quantitative estimate of drug-likeness (QED) is 0.578. The molecule has 0 bridgehead atoms. The van der Waals surface area contributed by atoms with E-state index in [2.05, 4.69) is 0 Å². The fraction of sp³-hybridized carbons (Fsp3) is 0.556. The molecule has 0 saturated carbocycles. The molecule has 11 heavy (non-hydrogen) atoms. The molecule has 0 saturated heterocycles. The van der Waals surface area contributed by atoms with E-state index in [0.29, 0.717) is 19.3 Å². The van der Waals surface area contributed by atoms with E-state index < -0.39 is 0 Å². The lowest BCUT2D eigenvalue weighted by Gasteiger charge is -1.93. The Morgan fingerprint density at radius 3 is 2.73 bits per heavy atom. The molecule has 0 aliphatic rings. The maximum Gasteiger partial charge on any atom is 0.155 e. The highest BCUT2D eigenvalue weighted by Gasteiger charge is 1.94. The average molecular weight is 151 g/mol. The Morgan fingerprint density at radius 1 is 1.64 bits per heavy atom. The second-order valence-corrected chi connectivity index (χ2v) is 2.47. The Balaban J connectivity index is 3.82. The lowest BCUT2D eigenvalue weighted by Crippen LogP contribution is -1.90. The van der Waals surface area contributed by atoms with Crippen molar-refractivity contribution < 1.29 is 4.79 Å². The maximum absolute atomic E-state index is 10.8. The molecule has 0 rings (SSSR count). The van der Waals surface area contributed by atoms with Gasteiger partial charge in [-0.25, -0.2) is 0 Å². The number of rotatable bonds is 4. The highest BCUT2D eigenvalue weighted by molar-refractivity contribution is 5.89. The molecule has 0 unspecified atom stereocenters. The van der Waals surface area contributed by atoms with E-state index in [4.69, 9.17) is 5.26 Å². The van der Waals surface area contributed by atoms with Crippen molar-refractivity contribution in [2.75, 3.05) is 0 Å². The molecule has 0 aliphatic heterocycles. The van der Waals surface area contributed by atoms with E-state index in [0.717, 1.165) is 5.57 Å². The fourth-order valence-corrected chi connectivity index (χ4v) is 0.702. The Labute approximate surface area is 67.5 Å². The molecule has 2 nitrogen and oxygen atoms in total. The van der Waals surface area contributed by atoms with Gasteiger partial charge in [0, 0.05) is 12.8 Å². The third-order valence-corrected chi connectivity index (χ3v) is 1.39. The standard InChI is InChI=1S/C9H13NO/c1-3-9(11)7-8(2)5-4-6-10/h7H,3-5H2,1-2H3/b8-7-. The smallest absolute Gasteiger partial charge is 0.155 e. The van der Waals surface area contributed by atoms with Crippen LogP contribution < -0.4 is 0 Å². The largest absolute Gasteiger partial charge is 0.295 e. The first-order valence-electron chi connectivity index (χ1n) is 3.77. The van der Waals surface area contributed by atoms with E-state index in [1.807, 2.05) is 19.9 Å². The second-order valence-electron chi connectivity index (χ2n) is 2.47. The zero-order chi connectivity index (χ0) is 8.69. The minimum Gasteiger partial charge on any atom is -0.295 e. The number of ketones is 1. The SMILES string of the molecule is CCC(=O)/C=C(/C)CCC#N. The van der Waals surface area contributed by atoms with Crippen molar-refractivity contribution in [1.29, 1.82) is 5.26 Å². The second kappa shape index (κ2) is 5.67. The van der Waals surface area contributed by atoms with Crippen molar-refractivity contribution in [3.63, 3.8) is 0 Å². The van der Waals surface area contributed by atoms with Crippen LogP contribution in [0.5, 0.6) is 0 Å². The van der Waals surface area contributed by atoms with Gasteiger partial charge in [-0.15, -0.1) is 0 Å². The first-order chi connectivity index (χ1) is 5.20. The molecule has 0 spiro atoms. The Kier molecular flexibility index (Phi) is 5.10. The minimum atomic E-state index is 0.139. The summed E-state index contributed by atoms with van der Waals surface area (Å²) < 4.78 is 0. The Hall–Kier alpha value is -1.10. The van der Waals surface area contributed by atoms with Crippen LogP contribution >= 0.6 is 0 Å². The number of hydrogen-bond donors (Lipinski definition) is 0. The molecule has 0 aromatic heterocycles. The van der Waals surface area contributed by atoms with Gasteiger partial charge in [0.2, 0.25) is 0 Å². The topological polar surface area (TPSA) is 40.9 Å². The summed E-state index contributed by atoms with van der Waals surface area (Å²) in [6, 6.07) is 2.04. The normalized spacial score (nSPS) is 10.8. The molecule has 0 aliphatic carbocycles. The van der Waals surface area contributed by atoms with Gasteiger partial charge in [-0.1, -0.05) is 12.5 Å². The number of hydrogen-bond acceptors (Lipinski definition) is 2. The van der Waals surface area contributed by atoms with Crippen LogP contribution in [-0.4, -0.2) is 5.78 Å². The van der Waals surface area contributed by atoms with Gasteiger partial charge in [-0.2, -0.15) is 5.26 Å². The summed E-state index contributed by atoms with van der Waals surface area (Å²) in [5.74, 6) is 0.139. The average Bonchev–Trinajstić information content (AvgIpc) is 2.00. The third kappa shape index (κ3) is 5.35. The summed E-state index contributed by atoms with van der Waals surface area (Å²) >= 11 is 0. The van der Waals surface area contributed by atoms with Gasteiger partial charge in [0.15, 0.2) is 5.78 Å². The van der Waals surface area contributed by atoms with E-state index in [1.54, 1.807) is 6.08 Å². The van der Waals surface area contributed by atoms with E-state index in [-0.39, 0.29) is 5.78 Å². The van der Waals surface area contributed by atoms with E-state index in [1.165, 1.54) is 0 Å². The molecular formula is C9H13NO. The lowest BCUT2D eigenvalue weighted by atomic mass is 10.1. The highest BCUT2D eigenvalue weighted by Crippen LogP contribution is 2.03. The molecule has 0 atom stereocenters. The van der Waals surface area contributed by atoms with Crippen molar-refractivity contribution >= 4 is 5.78 Å². The monoisotopic (exact) mass is 151 g/mol. The van der Waals surface area contributed by atoms with E-state index >= 15 is 0 Å².